The fourth-order valence-corrected chi connectivity index (χ4v) is 7.10. The van der Waals surface area contributed by atoms with Gasteiger partial charge in [0.25, 0.3) is 0 Å². The molecule has 48 heavy (non-hydrogen) atoms. The van der Waals surface area contributed by atoms with E-state index in [1.165, 1.54) is 154 Å². The minimum absolute atomic E-state index is 0.00602. The molecule has 2 atom stereocenters. The van der Waals surface area contributed by atoms with E-state index >= 15 is 0 Å². The Hall–Kier alpha value is -1.10. The van der Waals surface area contributed by atoms with Crippen molar-refractivity contribution in [2.45, 2.75) is 233 Å². The van der Waals surface area contributed by atoms with Crippen LogP contribution >= 0.6 is 0 Å². The predicted octanol–water partition coefficient (Wildman–Crippen LogP) is 13.2. The highest BCUT2D eigenvalue weighted by atomic mass is 16.5. The maximum atomic E-state index is 11.8. The first-order chi connectivity index (χ1) is 23.6. The molecule has 2 unspecified atom stereocenters. The number of hydrogen-bond acceptors (Lipinski definition) is 5. The zero-order valence-electron chi connectivity index (χ0n) is 32.7. The van der Waals surface area contributed by atoms with Crippen molar-refractivity contribution in [2.24, 2.45) is 11.8 Å². The molecule has 0 fully saturated rings. The lowest BCUT2D eigenvalue weighted by Gasteiger charge is -2.28. The number of unbranched alkanes of at least 4 members (excludes halogenated alkanes) is 21. The van der Waals surface area contributed by atoms with Crippen molar-refractivity contribution in [3.05, 3.63) is 0 Å². The van der Waals surface area contributed by atoms with Gasteiger partial charge in [-0.2, -0.15) is 0 Å². The first-order valence-electron chi connectivity index (χ1n) is 21.5. The van der Waals surface area contributed by atoms with Crippen LogP contribution in [0.2, 0.25) is 0 Å². The third-order valence-electron chi connectivity index (χ3n) is 10.3. The molecule has 0 aromatic carbocycles. The van der Waals surface area contributed by atoms with E-state index in [-0.39, 0.29) is 18.5 Å². The van der Waals surface area contributed by atoms with Gasteiger partial charge in [-0.1, -0.05) is 194 Å². The average molecular weight is 681 g/mol. The number of esters is 2. The minimum Gasteiger partial charge on any atom is -0.466 e. The second kappa shape index (κ2) is 38.7. The molecule has 286 valence electrons. The molecule has 0 aromatic rings. The van der Waals surface area contributed by atoms with E-state index < -0.39 is 0 Å². The number of carbonyl (C=O) groups excluding carboxylic acids is 2. The van der Waals surface area contributed by atoms with Crippen molar-refractivity contribution in [3.63, 3.8) is 0 Å². The molecule has 1 N–H and O–H groups in total. The Labute approximate surface area is 299 Å². The quantitative estimate of drug-likeness (QED) is 0.0517. The van der Waals surface area contributed by atoms with Crippen molar-refractivity contribution < 1.29 is 24.2 Å². The third kappa shape index (κ3) is 33.4. The minimum atomic E-state index is -0.115. The van der Waals surface area contributed by atoms with Gasteiger partial charge in [-0.15, -0.1) is 0 Å². The number of hydrogen-bond donors (Lipinski definition) is 1. The predicted molar refractivity (Wildman–Crippen MR) is 205 cm³/mol. The molecule has 0 aromatic heterocycles. The van der Waals surface area contributed by atoms with Gasteiger partial charge in [0.05, 0.1) is 13.2 Å². The SMILES string of the molecule is CCCCCCCCC(CCCCCCCCC(=O)OCCCC)C(CCCCCC)CCCCCCCCCCC(=O)OCCCO. The van der Waals surface area contributed by atoms with Crippen molar-refractivity contribution in [3.8, 4) is 0 Å². The van der Waals surface area contributed by atoms with Crippen molar-refractivity contribution >= 4 is 11.9 Å². The standard InChI is InChI=1S/C43H84O5/c1-4-7-10-12-19-25-32-41(34-27-21-17-18-23-29-35-42(45)47-38-9-6-3)40(31-24-11-8-5-2)33-26-20-15-13-14-16-22-28-36-43(46)48-39-30-37-44/h40-41,44H,4-39H2,1-3H3. The van der Waals surface area contributed by atoms with Gasteiger partial charge in [-0.05, 0) is 31.1 Å². The van der Waals surface area contributed by atoms with E-state index in [4.69, 9.17) is 14.6 Å². The first-order valence-corrected chi connectivity index (χ1v) is 21.5. The van der Waals surface area contributed by atoms with Crippen LogP contribution in [-0.2, 0) is 19.1 Å². The van der Waals surface area contributed by atoms with Gasteiger partial charge in [-0.25, -0.2) is 0 Å². The maximum Gasteiger partial charge on any atom is 0.305 e. The van der Waals surface area contributed by atoms with Crippen molar-refractivity contribution in [1.29, 1.82) is 0 Å². The molecule has 0 heterocycles. The molecule has 0 saturated heterocycles. The largest absolute Gasteiger partial charge is 0.466 e. The Balaban J connectivity index is 4.54. The van der Waals surface area contributed by atoms with E-state index in [0.717, 1.165) is 50.4 Å². The average Bonchev–Trinajstić information content (AvgIpc) is 3.08. The lowest BCUT2D eigenvalue weighted by Crippen LogP contribution is -2.16. The summed E-state index contributed by atoms with van der Waals surface area (Å²) in [5.41, 5.74) is 0. The van der Waals surface area contributed by atoms with E-state index in [2.05, 4.69) is 20.8 Å². The van der Waals surface area contributed by atoms with Gasteiger partial charge in [0, 0.05) is 25.9 Å². The van der Waals surface area contributed by atoms with E-state index in [1.54, 1.807) is 0 Å². The molecule has 5 nitrogen and oxygen atoms in total. The number of ether oxygens (including phenoxy) is 2. The molecule has 0 amide bonds. The summed E-state index contributed by atoms with van der Waals surface area (Å²) in [6, 6.07) is 0. The van der Waals surface area contributed by atoms with Crippen LogP contribution in [0.1, 0.15) is 233 Å². The number of aliphatic hydroxyl groups excluding tert-OH is 1. The van der Waals surface area contributed by atoms with Gasteiger partial charge < -0.3 is 14.6 Å². The summed E-state index contributed by atoms with van der Waals surface area (Å²) in [4.78, 5) is 23.5. The second-order valence-electron chi connectivity index (χ2n) is 14.8. The summed E-state index contributed by atoms with van der Waals surface area (Å²) in [6.45, 7) is 7.77. The Bertz CT molecular complexity index is 666. The summed E-state index contributed by atoms with van der Waals surface area (Å²) >= 11 is 0. The molecule has 0 spiro atoms. The maximum absolute atomic E-state index is 11.8. The Morgan fingerprint density at radius 1 is 0.396 bits per heavy atom. The third-order valence-corrected chi connectivity index (χ3v) is 10.3. The van der Waals surface area contributed by atoms with E-state index in [0.29, 0.717) is 32.5 Å². The summed E-state index contributed by atoms with van der Waals surface area (Å²) in [6.07, 6.45) is 40.8. The summed E-state index contributed by atoms with van der Waals surface area (Å²) in [7, 11) is 0. The van der Waals surface area contributed by atoms with Crippen LogP contribution in [0, 0.1) is 11.8 Å². The summed E-state index contributed by atoms with van der Waals surface area (Å²) < 4.78 is 10.4. The smallest absolute Gasteiger partial charge is 0.305 e. The lowest BCUT2D eigenvalue weighted by atomic mass is 9.78. The van der Waals surface area contributed by atoms with Crippen LogP contribution in [0.15, 0.2) is 0 Å². The highest BCUT2D eigenvalue weighted by Gasteiger charge is 2.20. The molecule has 0 aliphatic carbocycles. The van der Waals surface area contributed by atoms with Crippen LogP contribution in [-0.4, -0.2) is 36.9 Å². The second-order valence-corrected chi connectivity index (χ2v) is 14.8. The van der Waals surface area contributed by atoms with Gasteiger partial charge in [0.1, 0.15) is 0 Å². The van der Waals surface area contributed by atoms with Crippen LogP contribution < -0.4 is 0 Å². The molecule has 5 heteroatoms. The molecule has 0 rings (SSSR count). The fourth-order valence-electron chi connectivity index (χ4n) is 7.10. The zero-order valence-corrected chi connectivity index (χ0v) is 32.7. The highest BCUT2D eigenvalue weighted by Crippen LogP contribution is 2.33. The highest BCUT2D eigenvalue weighted by molar-refractivity contribution is 5.69. The number of carbonyl (C=O) groups is 2. The van der Waals surface area contributed by atoms with Crippen LogP contribution in [0.5, 0.6) is 0 Å². The molecule has 0 bridgehead atoms. The van der Waals surface area contributed by atoms with Gasteiger partial charge in [0.15, 0.2) is 0 Å². The van der Waals surface area contributed by atoms with Gasteiger partial charge in [0.2, 0.25) is 0 Å². The Morgan fingerprint density at radius 3 is 1.04 bits per heavy atom. The fraction of sp³-hybridized carbons (Fsp3) is 0.953. The molecule has 0 saturated carbocycles. The summed E-state index contributed by atoms with van der Waals surface area (Å²) in [5, 5.41) is 8.79. The molecule has 0 radical (unpaired) electrons. The topological polar surface area (TPSA) is 72.8 Å². The molecule has 0 aliphatic heterocycles. The molecular weight excluding hydrogens is 596 g/mol. The lowest BCUT2D eigenvalue weighted by molar-refractivity contribution is -0.144. The Morgan fingerprint density at radius 2 is 0.688 bits per heavy atom. The molecule has 0 aliphatic rings. The van der Waals surface area contributed by atoms with Gasteiger partial charge in [-0.3, -0.25) is 9.59 Å². The van der Waals surface area contributed by atoms with Crippen LogP contribution in [0.3, 0.4) is 0 Å². The van der Waals surface area contributed by atoms with E-state index in [9.17, 15) is 9.59 Å². The van der Waals surface area contributed by atoms with Crippen molar-refractivity contribution in [2.75, 3.05) is 19.8 Å². The van der Waals surface area contributed by atoms with E-state index in [1.807, 2.05) is 0 Å². The zero-order chi connectivity index (χ0) is 35.2. The number of aliphatic hydroxyl groups is 1. The summed E-state index contributed by atoms with van der Waals surface area (Å²) in [5.74, 6) is 1.70. The van der Waals surface area contributed by atoms with Gasteiger partial charge >= 0.3 is 11.9 Å². The van der Waals surface area contributed by atoms with Crippen LogP contribution in [0.4, 0.5) is 0 Å². The first kappa shape index (κ1) is 46.9. The number of rotatable bonds is 39. The van der Waals surface area contributed by atoms with Crippen LogP contribution in [0.25, 0.3) is 0 Å². The molecular formula is C43H84O5. The normalized spacial score (nSPS) is 12.7. The monoisotopic (exact) mass is 681 g/mol. The van der Waals surface area contributed by atoms with Crippen molar-refractivity contribution in [1.82, 2.24) is 0 Å². The Kier molecular flexibility index (Phi) is 37.8.